The Morgan fingerprint density at radius 2 is 0.686 bits per heavy atom. The molecule has 0 spiro atoms. The zero-order valence-electron chi connectivity index (χ0n) is 62.3. The molecular weight excluding hydrogens is 1280 g/mol. The molecule has 1 heterocycles. The summed E-state index contributed by atoms with van der Waals surface area (Å²) in [7, 11) is 0. The van der Waals surface area contributed by atoms with E-state index in [1.807, 2.05) is 54.7 Å². The van der Waals surface area contributed by atoms with Gasteiger partial charge in [-0.25, -0.2) is 4.89 Å². The minimum absolute atomic E-state index is 0.0673. The lowest BCUT2D eigenvalue weighted by Gasteiger charge is -2.05. The van der Waals surface area contributed by atoms with Crippen LogP contribution in [0.5, 0.6) is 0 Å². The molecule has 1 fully saturated rings. The number of allylic oxidation sites excluding steroid dienone is 28. The first-order valence-corrected chi connectivity index (χ1v) is 37.1. The summed E-state index contributed by atoms with van der Waals surface area (Å²) in [5.41, 5.74) is 0. The summed E-state index contributed by atoms with van der Waals surface area (Å²) in [6, 6.07) is 0. The topological polar surface area (TPSA) is 232 Å². The van der Waals surface area contributed by atoms with Gasteiger partial charge in [-0.05, 0) is 141 Å². The van der Waals surface area contributed by atoms with Gasteiger partial charge in [0.05, 0.1) is 37.3 Å². The summed E-state index contributed by atoms with van der Waals surface area (Å²) in [6.45, 7) is 8.43. The highest BCUT2D eigenvalue weighted by Gasteiger charge is 2.36. The van der Waals surface area contributed by atoms with Crippen molar-refractivity contribution >= 4 is 23.9 Å². The summed E-state index contributed by atoms with van der Waals surface area (Å²) in [4.78, 5) is 45.7. The minimum atomic E-state index is -0.838. The molecule has 0 bridgehead atoms. The number of ether oxygens (including phenoxy) is 1. The Morgan fingerprint density at radius 3 is 1.13 bits per heavy atom. The van der Waals surface area contributed by atoms with Crippen molar-refractivity contribution < 1.29 is 64.7 Å². The summed E-state index contributed by atoms with van der Waals surface area (Å²) < 4.78 is 5.61. The molecule has 1 aliphatic rings. The number of epoxide rings is 1. The summed E-state index contributed by atoms with van der Waals surface area (Å²) >= 11 is 0. The molecule has 13 heteroatoms. The van der Waals surface area contributed by atoms with E-state index in [0.29, 0.717) is 76.4 Å². The van der Waals surface area contributed by atoms with Gasteiger partial charge in [0.15, 0.2) is 0 Å². The number of hydrogen-bond acceptors (Lipinski definition) is 9. The first kappa shape index (κ1) is 97.9. The van der Waals surface area contributed by atoms with Gasteiger partial charge >= 0.3 is 23.9 Å². The SMILES string of the molecule is CC/C=C\C/C=C\C/C=C\C/C=C\C/C=C\CC#CCCCC(=O)O.CC/C=C\C[C@@H](/C=C/CCCCCC/C=C\C/C=C\CCC(=O)O)OO.CC/C=C\C[C@@H]1O[C@@H]1C/C=C\C/C=C\C/C=C\CC#CCCC(=O)O.CC/C=C\C[C@H](O)/C=C/C=C\C=C\[C@@H](O)C/C=C\CC#CCCC(=O)O. The highest BCUT2D eigenvalue weighted by Crippen LogP contribution is 2.29. The van der Waals surface area contributed by atoms with Gasteiger partial charge in [0.25, 0.3) is 0 Å². The lowest BCUT2D eigenvalue weighted by atomic mass is 10.1. The van der Waals surface area contributed by atoms with Crippen LogP contribution in [-0.2, 0) is 28.8 Å². The molecule has 0 unspecified atom stereocenters. The van der Waals surface area contributed by atoms with Crippen molar-refractivity contribution in [3.05, 3.63) is 219 Å². The van der Waals surface area contributed by atoms with Crippen LogP contribution in [0, 0.1) is 35.5 Å². The van der Waals surface area contributed by atoms with Crippen LogP contribution in [0.3, 0.4) is 0 Å². The standard InChI is InChI=1S/C23H32O2.C22H30O4.C22H36O4.C22H30O3/c1-2-3-4-5-6-7-8-9-10-11-12-13-14-15-16-17-18-19-20-21-22-23(24)25;1-2-3-10-15-20(23)17-12-8-9-13-18-21(24)16-11-6-4-5-7-14-19-22(25)26;1-2-3-15-18-21(26-25)19-16-13-11-9-7-5-4-6-8-10-12-14-17-20-22(23)24;1-2-3-14-17-20-21(25-20)18-15-12-10-8-6-4-5-7-9-11-13-16-19-22(23)24/h3-4,6-7,9-10,12-13,15-16H,2,5,8,11,14,17,20-22H2,1H3,(H,24,25);3,6,8-13,17-18,20-21,23-24H,2,4,14-16,19H2,1H3,(H,25,26);3,6,8,12,14-16,19,21,25H,2,4-5,7,9-11,13,17-18,20H2,1H3,(H,23,24);3,5-8,12,14-15,20-21H,2,4,9-10,16-19H2,1H3,(H,23,24)/b4-3-,7-6-,10-9-,13-12-,16-15-;9-8-,10-3-,11-6-,17-12+,18-13+;8-6-,14-12-,15-3-,19-16+;7-5-,8-6-,14-3-,15-12-/t;20-,21-;21-;20-,21+/m.000/s1. The highest BCUT2D eigenvalue weighted by molar-refractivity contribution is 5.67. The van der Waals surface area contributed by atoms with Crippen molar-refractivity contribution in [3.63, 3.8) is 0 Å². The highest BCUT2D eigenvalue weighted by atomic mass is 17.1. The zero-order valence-corrected chi connectivity index (χ0v) is 62.3. The molecule has 562 valence electrons. The van der Waals surface area contributed by atoms with Crippen molar-refractivity contribution in [3.8, 4) is 35.5 Å². The van der Waals surface area contributed by atoms with E-state index in [-0.39, 0.29) is 31.8 Å². The third-order valence-electron chi connectivity index (χ3n) is 13.9. The lowest BCUT2D eigenvalue weighted by molar-refractivity contribution is -0.264. The Morgan fingerprint density at radius 1 is 0.343 bits per heavy atom. The first-order valence-electron chi connectivity index (χ1n) is 37.1. The smallest absolute Gasteiger partial charge is 0.304 e. The molecule has 1 aliphatic heterocycles. The van der Waals surface area contributed by atoms with E-state index in [0.717, 1.165) is 109 Å². The van der Waals surface area contributed by atoms with Crippen LogP contribution in [0.1, 0.15) is 246 Å². The Labute approximate surface area is 616 Å². The number of hydrogen-bond donors (Lipinski definition) is 7. The van der Waals surface area contributed by atoms with Crippen molar-refractivity contribution in [1.29, 1.82) is 0 Å². The number of aliphatic hydroxyl groups excluding tert-OH is 2. The maximum Gasteiger partial charge on any atom is 0.304 e. The molecule has 1 rings (SSSR count). The molecule has 0 amide bonds. The van der Waals surface area contributed by atoms with Crippen molar-refractivity contribution in [2.75, 3.05) is 0 Å². The predicted molar refractivity (Wildman–Crippen MR) is 426 cm³/mol. The zero-order chi connectivity index (χ0) is 75.4. The maximum atomic E-state index is 10.3. The van der Waals surface area contributed by atoms with Crippen LogP contribution in [0.15, 0.2) is 219 Å². The molecule has 13 nitrogen and oxygen atoms in total. The third kappa shape index (κ3) is 89.7. The summed E-state index contributed by atoms with van der Waals surface area (Å²) in [6.07, 6.45) is 100. The second kappa shape index (κ2) is 83.3. The second-order valence-electron chi connectivity index (χ2n) is 23.3. The number of carboxylic acids is 4. The molecule has 0 aliphatic carbocycles. The normalized spacial score (nSPS) is 15.0. The molecule has 0 radical (unpaired) electrons. The van der Waals surface area contributed by atoms with Crippen LogP contribution >= 0.6 is 0 Å². The largest absolute Gasteiger partial charge is 0.481 e. The number of aliphatic carboxylic acids is 4. The first-order chi connectivity index (χ1) is 49.8. The second-order valence-corrected chi connectivity index (χ2v) is 23.3. The molecule has 0 saturated carbocycles. The Balaban J connectivity index is -0.00000128. The molecule has 0 aromatic carbocycles. The lowest BCUT2D eigenvalue weighted by Crippen LogP contribution is -2.05. The number of rotatable bonds is 54. The van der Waals surface area contributed by atoms with Crippen LogP contribution in [0.4, 0.5) is 0 Å². The van der Waals surface area contributed by atoms with E-state index in [4.69, 9.17) is 30.4 Å². The molecule has 1 saturated heterocycles. The van der Waals surface area contributed by atoms with Gasteiger partial charge in [0.1, 0.15) is 6.10 Å². The predicted octanol–water partition coefficient (Wildman–Crippen LogP) is 22.0. The van der Waals surface area contributed by atoms with Crippen molar-refractivity contribution in [1.82, 2.24) is 0 Å². The van der Waals surface area contributed by atoms with Gasteiger partial charge < -0.3 is 35.4 Å². The van der Waals surface area contributed by atoms with Gasteiger partial charge in [-0.15, -0.1) is 17.8 Å². The van der Waals surface area contributed by atoms with Crippen LogP contribution in [0.25, 0.3) is 0 Å². The summed E-state index contributed by atoms with van der Waals surface area (Å²) in [5.74, 6) is 14.3. The van der Waals surface area contributed by atoms with Crippen LogP contribution < -0.4 is 0 Å². The third-order valence-corrected chi connectivity index (χ3v) is 13.9. The summed E-state index contributed by atoms with van der Waals surface area (Å²) in [5, 5.41) is 62.2. The van der Waals surface area contributed by atoms with Crippen molar-refractivity contribution in [2.24, 2.45) is 0 Å². The average molecular weight is 1410 g/mol. The molecule has 5 atom stereocenters. The maximum absolute atomic E-state index is 10.3. The number of unbranched alkanes of at least 4 members (excludes halogenated alkanes) is 6. The number of carboxylic acid groups (broad SMARTS) is 4. The molecular formula is C89H128O13. The average Bonchev–Trinajstić information content (AvgIpc) is 1.71. The van der Waals surface area contributed by atoms with Gasteiger partial charge in [0.2, 0.25) is 0 Å². The molecule has 0 aromatic heterocycles. The van der Waals surface area contributed by atoms with Gasteiger partial charge in [-0.3, -0.25) is 24.4 Å². The molecule has 0 aromatic rings. The number of aliphatic hydroxyl groups is 2. The Hall–Kier alpha value is -8.32. The van der Waals surface area contributed by atoms with E-state index < -0.39 is 36.1 Å². The monoisotopic (exact) mass is 1400 g/mol. The van der Waals surface area contributed by atoms with E-state index in [1.54, 1.807) is 36.5 Å². The quantitative estimate of drug-likeness (QED) is 0.00572. The fraction of sp³-hybridized carbons (Fsp3) is 0.483. The van der Waals surface area contributed by atoms with E-state index >= 15 is 0 Å². The van der Waals surface area contributed by atoms with Gasteiger partial charge in [-0.2, -0.15) is 0 Å². The van der Waals surface area contributed by atoms with Crippen LogP contribution in [0.2, 0.25) is 0 Å². The van der Waals surface area contributed by atoms with Gasteiger partial charge in [-0.1, -0.05) is 277 Å². The fourth-order valence-corrected chi connectivity index (χ4v) is 8.29. The van der Waals surface area contributed by atoms with Crippen LogP contribution in [-0.4, -0.2) is 90.3 Å². The van der Waals surface area contributed by atoms with Crippen molar-refractivity contribution in [2.45, 2.75) is 277 Å². The number of carbonyl (C=O) groups is 4. The minimum Gasteiger partial charge on any atom is -0.481 e. The Kier molecular flexibility index (Phi) is 80.0. The Bertz CT molecular complexity index is 2840. The van der Waals surface area contributed by atoms with Gasteiger partial charge in [0, 0.05) is 51.4 Å². The van der Waals surface area contributed by atoms with E-state index in [1.165, 1.54) is 19.3 Å². The van der Waals surface area contributed by atoms with E-state index in [9.17, 15) is 29.4 Å². The fourth-order valence-electron chi connectivity index (χ4n) is 8.29. The van der Waals surface area contributed by atoms with E-state index in [2.05, 4.69) is 196 Å². The molecule has 7 N–H and O–H groups in total. The molecule has 102 heavy (non-hydrogen) atoms.